The number of rotatable bonds is 5. The molecular formula is C16H12Cl4N4O3S. The third-order valence-electron chi connectivity index (χ3n) is 3.33. The van der Waals surface area contributed by atoms with Gasteiger partial charge in [-0.25, -0.2) is 0 Å². The zero-order valence-corrected chi connectivity index (χ0v) is 17.6. The molecule has 2 aromatic carbocycles. The van der Waals surface area contributed by atoms with Crippen molar-refractivity contribution in [3.63, 3.8) is 0 Å². The fourth-order valence-corrected chi connectivity index (χ4v) is 2.75. The number of halogens is 4. The number of thiocarbonyl (C=S) groups is 1. The van der Waals surface area contributed by atoms with E-state index < -0.39 is 20.8 Å². The Morgan fingerprint density at radius 1 is 1.07 bits per heavy atom. The van der Waals surface area contributed by atoms with Gasteiger partial charge in [0, 0.05) is 16.8 Å². The number of carbonyl (C=O) groups excluding carboxylic acids is 1. The molecule has 0 bridgehead atoms. The van der Waals surface area contributed by atoms with E-state index in [0.717, 1.165) is 0 Å². The second-order valence-corrected chi connectivity index (χ2v) is 8.54. The van der Waals surface area contributed by atoms with Crippen molar-refractivity contribution in [2.75, 3.05) is 5.32 Å². The van der Waals surface area contributed by atoms with Crippen LogP contribution in [0.3, 0.4) is 0 Å². The van der Waals surface area contributed by atoms with Gasteiger partial charge in [0.2, 0.25) is 3.79 Å². The summed E-state index contributed by atoms with van der Waals surface area (Å²) >= 11 is 28.7. The molecule has 0 spiro atoms. The van der Waals surface area contributed by atoms with E-state index in [4.69, 9.17) is 58.6 Å². The molecular weight excluding hydrogens is 470 g/mol. The van der Waals surface area contributed by atoms with Gasteiger partial charge in [-0.05, 0) is 42.5 Å². The first-order valence-electron chi connectivity index (χ1n) is 7.52. The summed E-state index contributed by atoms with van der Waals surface area (Å²) in [5, 5.41) is 19.6. The summed E-state index contributed by atoms with van der Waals surface area (Å²) < 4.78 is -2.01. The molecule has 3 N–H and O–H groups in total. The lowest BCUT2D eigenvalue weighted by atomic mass is 10.1. The third kappa shape index (κ3) is 6.35. The van der Waals surface area contributed by atoms with Crippen LogP contribution < -0.4 is 16.0 Å². The highest BCUT2D eigenvalue weighted by Crippen LogP contribution is 2.30. The summed E-state index contributed by atoms with van der Waals surface area (Å²) in [5.41, 5.74) is 0.0325. The second-order valence-electron chi connectivity index (χ2n) is 5.33. The number of carbonyl (C=O) groups is 1. The van der Waals surface area contributed by atoms with Crippen molar-refractivity contribution in [2.24, 2.45) is 0 Å². The summed E-state index contributed by atoms with van der Waals surface area (Å²) in [5.74, 6) is -0.814. The summed E-state index contributed by atoms with van der Waals surface area (Å²) in [6.07, 6.45) is -1.28. The van der Waals surface area contributed by atoms with Crippen LogP contribution in [0.15, 0.2) is 48.5 Å². The average Bonchev–Trinajstić information content (AvgIpc) is 2.62. The molecule has 0 aliphatic heterocycles. The Morgan fingerprint density at radius 3 is 2.25 bits per heavy atom. The molecule has 0 aliphatic rings. The Bertz CT molecular complexity index is 890. The average molecular weight is 482 g/mol. The lowest BCUT2D eigenvalue weighted by Crippen LogP contribution is -2.56. The monoisotopic (exact) mass is 480 g/mol. The highest BCUT2D eigenvalue weighted by atomic mass is 35.6. The molecule has 2 rings (SSSR count). The SMILES string of the molecule is O=C(NC(NC(=S)Nc1ccc(Cl)cc1)C(Cl)(Cl)Cl)c1ccccc1[N+](=O)[O-]. The molecule has 0 heterocycles. The first-order valence-corrected chi connectivity index (χ1v) is 9.44. The minimum atomic E-state index is -2.01. The summed E-state index contributed by atoms with van der Waals surface area (Å²) in [4.78, 5) is 22.9. The van der Waals surface area contributed by atoms with Crippen LogP contribution >= 0.6 is 58.6 Å². The molecule has 0 fully saturated rings. The van der Waals surface area contributed by atoms with E-state index in [1.165, 1.54) is 24.3 Å². The van der Waals surface area contributed by atoms with Crippen molar-refractivity contribution in [3.05, 3.63) is 69.2 Å². The highest BCUT2D eigenvalue weighted by molar-refractivity contribution is 7.80. The smallest absolute Gasteiger partial charge is 0.282 e. The maximum atomic E-state index is 12.5. The highest BCUT2D eigenvalue weighted by Gasteiger charge is 2.36. The van der Waals surface area contributed by atoms with E-state index in [-0.39, 0.29) is 16.4 Å². The van der Waals surface area contributed by atoms with E-state index >= 15 is 0 Å². The van der Waals surface area contributed by atoms with Crippen LogP contribution in [0.5, 0.6) is 0 Å². The van der Waals surface area contributed by atoms with E-state index in [0.29, 0.717) is 10.7 Å². The van der Waals surface area contributed by atoms with Gasteiger partial charge in [0.15, 0.2) is 5.11 Å². The molecule has 2 aromatic rings. The lowest BCUT2D eigenvalue weighted by molar-refractivity contribution is -0.385. The van der Waals surface area contributed by atoms with Crippen molar-refractivity contribution in [1.29, 1.82) is 0 Å². The van der Waals surface area contributed by atoms with Crippen LogP contribution in [-0.4, -0.2) is 25.9 Å². The summed E-state index contributed by atoms with van der Waals surface area (Å²) in [7, 11) is 0. The van der Waals surface area contributed by atoms with Crippen molar-refractivity contribution >= 4 is 81.0 Å². The molecule has 0 saturated heterocycles. The third-order valence-corrected chi connectivity index (χ3v) is 4.45. The first-order chi connectivity index (χ1) is 13.1. The van der Waals surface area contributed by atoms with E-state index in [2.05, 4.69) is 16.0 Å². The first kappa shape index (κ1) is 22.4. The molecule has 0 aliphatic carbocycles. The van der Waals surface area contributed by atoms with Gasteiger partial charge in [0.25, 0.3) is 11.6 Å². The number of nitro benzene ring substituents is 1. The van der Waals surface area contributed by atoms with Gasteiger partial charge in [0.1, 0.15) is 11.7 Å². The van der Waals surface area contributed by atoms with Gasteiger partial charge in [-0.3, -0.25) is 14.9 Å². The predicted molar refractivity (Wildman–Crippen MR) is 115 cm³/mol. The maximum absolute atomic E-state index is 12.5. The fraction of sp³-hybridized carbons (Fsp3) is 0.125. The number of nitrogens with one attached hydrogen (secondary N) is 3. The fourth-order valence-electron chi connectivity index (χ4n) is 2.06. The van der Waals surface area contributed by atoms with Gasteiger partial charge < -0.3 is 16.0 Å². The Hall–Kier alpha value is -1.84. The molecule has 1 unspecified atom stereocenters. The van der Waals surface area contributed by atoms with E-state index in [1.54, 1.807) is 24.3 Å². The zero-order valence-electron chi connectivity index (χ0n) is 13.8. The molecule has 0 aromatic heterocycles. The van der Waals surface area contributed by atoms with Gasteiger partial charge in [-0.15, -0.1) is 0 Å². The summed E-state index contributed by atoms with van der Waals surface area (Å²) in [6, 6.07) is 12.0. The molecule has 0 saturated carbocycles. The standard InChI is InChI=1S/C16H12Cl4N4O3S/c17-9-5-7-10(8-6-9)21-15(28)23-14(16(18,19)20)22-13(25)11-3-1-2-4-12(11)24(26)27/h1-8,14H,(H,22,25)(H2,21,23,28). The Labute approximate surface area is 185 Å². The Kier molecular flexibility index (Phi) is 7.68. The minimum Gasteiger partial charge on any atom is -0.339 e. The molecule has 1 atom stereocenters. The largest absolute Gasteiger partial charge is 0.339 e. The van der Waals surface area contributed by atoms with Crippen LogP contribution in [0.25, 0.3) is 0 Å². The molecule has 0 radical (unpaired) electrons. The summed E-state index contributed by atoms with van der Waals surface area (Å²) in [6.45, 7) is 0. The molecule has 12 heteroatoms. The van der Waals surface area contributed by atoms with Gasteiger partial charge >= 0.3 is 0 Å². The van der Waals surface area contributed by atoms with Crippen molar-refractivity contribution < 1.29 is 9.72 Å². The number of amides is 1. The Morgan fingerprint density at radius 2 is 1.68 bits per heavy atom. The van der Waals surface area contributed by atoms with Crippen molar-refractivity contribution in [1.82, 2.24) is 10.6 Å². The number of nitrogens with zero attached hydrogens (tertiary/aromatic N) is 1. The van der Waals surface area contributed by atoms with E-state index in [9.17, 15) is 14.9 Å². The van der Waals surface area contributed by atoms with Crippen LogP contribution in [0.1, 0.15) is 10.4 Å². The maximum Gasteiger partial charge on any atom is 0.282 e. The molecule has 28 heavy (non-hydrogen) atoms. The van der Waals surface area contributed by atoms with Crippen molar-refractivity contribution in [3.8, 4) is 0 Å². The topological polar surface area (TPSA) is 96.3 Å². The van der Waals surface area contributed by atoms with Crippen LogP contribution in [0, 0.1) is 10.1 Å². The quantitative estimate of drug-likeness (QED) is 0.189. The predicted octanol–water partition coefficient (Wildman–Crippen LogP) is 4.66. The molecule has 148 valence electrons. The number of nitro groups is 1. The van der Waals surface area contributed by atoms with Gasteiger partial charge in [-0.2, -0.15) is 0 Å². The molecule has 7 nitrogen and oxygen atoms in total. The van der Waals surface area contributed by atoms with Gasteiger partial charge in [0.05, 0.1) is 4.92 Å². The van der Waals surface area contributed by atoms with Crippen molar-refractivity contribution in [2.45, 2.75) is 9.96 Å². The number of para-hydroxylation sites is 1. The number of hydrogen-bond donors (Lipinski definition) is 3. The number of anilines is 1. The van der Waals surface area contributed by atoms with Crippen LogP contribution in [0.4, 0.5) is 11.4 Å². The molecule has 1 amide bonds. The Balaban J connectivity index is 2.14. The van der Waals surface area contributed by atoms with Crippen LogP contribution in [-0.2, 0) is 0 Å². The van der Waals surface area contributed by atoms with E-state index in [1.807, 2.05) is 0 Å². The minimum absolute atomic E-state index is 0.0431. The second kappa shape index (κ2) is 9.58. The number of alkyl halides is 3. The van der Waals surface area contributed by atoms with Gasteiger partial charge in [-0.1, -0.05) is 58.5 Å². The number of benzene rings is 2. The number of hydrogen-bond acceptors (Lipinski definition) is 4. The zero-order chi connectivity index (χ0) is 20.9. The normalized spacial score (nSPS) is 12.0. The van der Waals surface area contributed by atoms with Crippen LogP contribution in [0.2, 0.25) is 5.02 Å². The lowest BCUT2D eigenvalue weighted by Gasteiger charge is -2.27.